The number of hydrogen-bond donors (Lipinski definition) is 1. The van der Waals surface area contributed by atoms with Gasteiger partial charge in [-0.25, -0.2) is 18.7 Å². The Bertz CT molecular complexity index is 545. The van der Waals surface area contributed by atoms with Gasteiger partial charge in [0.1, 0.15) is 10.4 Å². The maximum Gasteiger partial charge on any atom is 0.195 e. The van der Waals surface area contributed by atoms with Crippen molar-refractivity contribution in [1.82, 2.24) is 9.97 Å². The van der Waals surface area contributed by atoms with E-state index in [0.717, 1.165) is 23.9 Å². The van der Waals surface area contributed by atoms with Crippen LogP contribution < -0.4 is 5.73 Å². The van der Waals surface area contributed by atoms with Gasteiger partial charge in [-0.3, -0.25) is 0 Å². The zero-order chi connectivity index (χ0) is 12.4. The quantitative estimate of drug-likeness (QED) is 0.682. The molecule has 3 nitrogen and oxygen atoms in total. The van der Waals surface area contributed by atoms with Gasteiger partial charge in [-0.05, 0) is 45.9 Å². The summed E-state index contributed by atoms with van der Waals surface area (Å²) in [7, 11) is 0. The number of aromatic nitrogens is 2. The Hall–Kier alpha value is -1.21. The lowest BCUT2D eigenvalue weighted by Gasteiger charge is -2.02. The number of nitrogen functional groups attached to an aromatic ring is 1. The van der Waals surface area contributed by atoms with E-state index >= 15 is 0 Å². The molecule has 7 heteroatoms. The Labute approximate surface area is 109 Å². The fourth-order valence-corrected chi connectivity index (χ4v) is 2.43. The van der Waals surface area contributed by atoms with Crippen molar-refractivity contribution in [3.63, 3.8) is 0 Å². The maximum atomic E-state index is 13.0. The molecule has 0 aliphatic heterocycles. The molecule has 0 bridgehead atoms. The molecule has 0 unspecified atom stereocenters. The van der Waals surface area contributed by atoms with Crippen molar-refractivity contribution < 1.29 is 8.78 Å². The Balaban J connectivity index is 2.28. The highest BCUT2D eigenvalue weighted by Crippen LogP contribution is 2.27. The summed E-state index contributed by atoms with van der Waals surface area (Å²) in [5.74, 6) is -1.49. The molecule has 17 heavy (non-hydrogen) atoms. The van der Waals surface area contributed by atoms with E-state index in [-0.39, 0.29) is 0 Å². The summed E-state index contributed by atoms with van der Waals surface area (Å²) in [4.78, 5) is 8.52. The Kier molecular flexibility index (Phi) is 3.58. The molecule has 2 aromatic rings. The largest absolute Gasteiger partial charge is 0.384 e. The fraction of sp³-hybridized carbons (Fsp3) is 0. The van der Waals surface area contributed by atoms with Crippen molar-refractivity contribution in [2.75, 3.05) is 5.73 Å². The first-order chi connectivity index (χ1) is 8.04. The predicted molar refractivity (Wildman–Crippen MR) is 64.6 cm³/mol. The second kappa shape index (κ2) is 4.97. The van der Waals surface area contributed by atoms with Crippen molar-refractivity contribution in [2.24, 2.45) is 0 Å². The topological polar surface area (TPSA) is 51.8 Å². The summed E-state index contributed by atoms with van der Waals surface area (Å²) >= 11 is 4.27. The van der Waals surface area contributed by atoms with Gasteiger partial charge < -0.3 is 5.73 Å². The second-order valence-corrected chi connectivity index (χ2v) is 4.93. The SMILES string of the molecule is Nc1cc(Br)nc(Sc2ccc(F)c(F)c2)n1. The first-order valence-corrected chi connectivity index (χ1v) is 6.08. The van der Waals surface area contributed by atoms with Gasteiger partial charge in [0, 0.05) is 11.0 Å². The molecule has 0 saturated carbocycles. The van der Waals surface area contributed by atoms with E-state index < -0.39 is 11.6 Å². The monoisotopic (exact) mass is 317 g/mol. The van der Waals surface area contributed by atoms with Gasteiger partial charge in [-0.2, -0.15) is 0 Å². The third kappa shape index (κ3) is 3.13. The van der Waals surface area contributed by atoms with Gasteiger partial charge in [0.2, 0.25) is 0 Å². The van der Waals surface area contributed by atoms with Crippen LogP contribution in [0.4, 0.5) is 14.6 Å². The predicted octanol–water partition coefficient (Wildman–Crippen LogP) is 3.25. The van der Waals surface area contributed by atoms with Crippen molar-refractivity contribution in [2.45, 2.75) is 10.1 Å². The van der Waals surface area contributed by atoms with Gasteiger partial charge in [-0.1, -0.05) is 0 Å². The number of benzene rings is 1. The summed E-state index contributed by atoms with van der Waals surface area (Å²) in [5.41, 5.74) is 5.54. The second-order valence-electron chi connectivity index (χ2n) is 3.08. The molecule has 1 aromatic heterocycles. The lowest BCUT2D eigenvalue weighted by molar-refractivity contribution is 0.506. The number of hydrogen-bond acceptors (Lipinski definition) is 4. The number of nitrogens with two attached hydrogens (primary N) is 1. The summed E-state index contributed by atoms with van der Waals surface area (Å²) < 4.78 is 26.2. The van der Waals surface area contributed by atoms with Crippen LogP contribution in [0, 0.1) is 11.6 Å². The van der Waals surface area contributed by atoms with Crippen LogP contribution in [0.3, 0.4) is 0 Å². The van der Waals surface area contributed by atoms with Crippen LogP contribution in [-0.2, 0) is 0 Å². The highest BCUT2D eigenvalue weighted by Gasteiger charge is 2.07. The van der Waals surface area contributed by atoms with E-state index in [2.05, 4.69) is 25.9 Å². The lowest BCUT2D eigenvalue weighted by Crippen LogP contribution is -1.94. The van der Waals surface area contributed by atoms with Crippen molar-refractivity contribution in [1.29, 1.82) is 0 Å². The standard InChI is InChI=1S/C10H6BrF2N3S/c11-8-4-9(14)16-10(15-8)17-5-1-2-6(12)7(13)3-5/h1-4H,(H2,14,15,16). The Morgan fingerprint density at radius 3 is 2.53 bits per heavy atom. The molecule has 2 rings (SSSR count). The molecule has 1 heterocycles. The van der Waals surface area contributed by atoms with Gasteiger partial charge >= 0.3 is 0 Å². The molecule has 0 atom stereocenters. The molecule has 88 valence electrons. The number of rotatable bonds is 2. The first kappa shape index (κ1) is 12.3. The lowest BCUT2D eigenvalue weighted by atomic mass is 10.3. The van der Waals surface area contributed by atoms with Crippen molar-refractivity contribution in [3.8, 4) is 0 Å². The van der Waals surface area contributed by atoms with E-state index in [1.165, 1.54) is 6.07 Å². The van der Waals surface area contributed by atoms with E-state index in [0.29, 0.717) is 20.5 Å². The van der Waals surface area contributed by atoms with E-state index in [4.69, 9.17) is 5.73 Å². The van der Waals surface area contributed by atoms with Crippen LogP contribution in [0.2, 0.25) is 0 Å². The van der Waals surface area contributed by atoms with Crippen LogP contribution in [0.15, 0.2) is 38.9 Å². The zero-order valence-corrected chi connectivity index (χ0v) is 10.7. The number of anilines is 1. The minimum Gasteiger partial charge on any atom is -0.384 e. The molecule has 0 saturated heterocycles. The van der Waals surface area contributed by atoms with Crippen LogP contribution in [-0.4, -0.2) is 9.97 Å². The van der Waals surface area contributed by atoms with Crippen LogP contribution in [0.1, 0.15) is 0 Å². The number of halogens is 3. The summed E-state index contributed by atoms with van der Waals surface area (Å²) in [5, 5.41) is 0.364. The molecular formula is C10H6BrF2N3S. The molecular weight excluding hydrogens is 312 g/mol. The summed E-state index contributed by atoms with van der Waals surface area (Å²) in [6, 6.07) is 5.14. The molecule has 0 spiro atoms. The smallest absolute Gasteiger partial charge is 0.195 e. The van der Waals surface area contributed by atoms with Gasteiger partial charge in [0.25, 0.3) is 0 Å². The molecule has 0 aliphatic carbocycles. The normalized spacial score (nSPS) is 10.5. The van der Waals surface area contributed by atoms with E-state index in [1.54, 1.807) is 6.07 Å². The molecule has 0 fully saturated rings. The molecule has 0 radical (unpaired) electrons. The summed E-state index contributed by atoms with van der Waals surface area (Å²) in [6.07, 6.45) is 0. The van der Waals surface area contributed by atoms with Gasteiger partial charge in [0.15, 0.2) is 16.8 Å². The Morgan fingerprint density at radius 2 is 1.88 bits per heavy atom. The molecule has 1 aromatic carbocycles. The van der Waals surface area contributed by atoms with E-state index in [9.17, 15) is 8.78 Å². The molecule has 2 N–H and O–H groups in total. The third-order valence-electron chi connectivity index (χ3n) is 1.79. The van der Waals surface area contributed by atoms with E-state index in [1.807, 2.05) is 0 Å². The Morgan fingerprint density at radius 1 is 1.12 bits per heavy atom. The molecule has 0 amide bonds. The third-order valence-corrected chi connectivity index (χ3v) is 3.06. The maximum absolute atomic E-state index is 13.0. The fourth-order valence-electron chi connectivity index (χ4n) is 1.10. The average Bonchev–Trinajstić information content (AvgIpc) is 2.22. The van der Waals surface area contributed by atoms with Crippen LogP contribution >= 0.6 is 27.7 Å². The van der Waals surface area contributed by atoms with Crippen molar-refractivity contribution in [3.05, 3.63) is 40.5 Å². The molecule has 0 aliphatic rings. The average molecular weight is 318 g/mol. The van der Waals surface area contributed by atoms with Gasteiger partial charge in [-0.15, -0.1) is 0 Å². The summed E-state index contributed by atoms with van der Waals surface area (Å²) in [6.45, 7) is 0. The minimum absolute atomic E-state index is 0.303. The first-order valence-electron chi connectivity index (χ1n) is 4.47. The number of nitrogens with zero attached hydrogens (tertiary/aromatic N) is 2. The zero-order valence-electron chi connectivity index (χ0n) is 8.32. The van der Waals surface area contributed by atoms with Crippen LogP contribution in [0.5, 0.6) is 0 Å². The van der Waals surface area contributed by atoms with Crippen LogP contribution in [0.25, 0.3) is 0 Å². The van der Waals surface area contributed by atoms with Gasteiger partial charge in [0.05, 0.1) is 0 Å². The highest BCUT2D eigenvalue weighted by atomic mass is 79.9. The minimum atomic E-state index is -0.905. The van der Waals surface area contributed by atoms with Crippen molar-refractivity contribution >= 4 is 33.5 Å². The highest BCUT2D eigenvalue weighted by molar-refractivity contribution is 9.10.